The fourth-order valence-corrected chi connectivity index (χ4v) is 2.86. The third kappa shape index (κ3) is 4.62. The van der Waals surface area contributed by atoms with Crippen molar-refractivity contribution in [1.82, 2.24) is 10.4 Å². The molecule has 2 heterocycles. The Balaban J connectivity index is 1.88. The zero-order chi connectivity index (χ0) is 19.2. The average Bonchev–Trinajstić information content (AvgIpc) is 2.67. The smallest absolute Gasteiger partial charge is 0.233 e. The summed E-state index contributed by atoms with van der Waals surface area (Å²) in [6.07, 6.45) is 3.72. The van der Waals surface area contributed by atoms with Crippen molar-refractivity contribution in [2.24, 2.45) is 10.8 Å². The molecule has 0 radical (unpaired) electrons. The number of benzene rings is 1. The minimum absolute atomic E-state index is 0.0106. The summed E-state index contributed by atoms with van der Waals surface area (Å²) >= 11 is 0. The van der Waals surface area contributed by atoms with Crippen molar-refractivity contribution in [3.8, 4) is 5.75 Å². The lowest BCUT2D eigenvalue weighted by Gasteiger charge is -2.30. The number of rotatable bonds is 7. The maximum absolute atomic E-state index is 12.6. The molecule has 0 saturated heterocycles. The highest BCUT2D eigenvalue weighted by Gasteiger charge is 2.28. The van der Waals surface area contributed by atoms with Crippen LogP contribution in [0.5, 0.6) is 5.75 Å². The molecule has 142 valence electrons. The second-order valence-corrected chi connectivity index (χ2v) is 6.68. The Hall–Kier alpha value is -2.93. The van der Waals surface area contributed by atoms with E-state index in [4.69, 9.17) is 10.5 Å². The predicted octanol–water partition coefficient (Wildman–Crippen LogP) is 2.06. The van der Waals surface area contributed by atoms with E-state index in [2.05, 4.69) is 15.5 Å². The zero-order valence-corrected chi connectivity index (χ0v) is 15.7. The van der Waals surface area contributed by atoms with Crippen molar-refractivity contribution in [3.05, 3.63) is 53.9 Å². The zero-order valence-electron chi connectivity index (χ0n) is 15.7. The molecule has 7 nitrogen and oxygen atoms in total. The van der Waals surface area contributed by atoms with Crippen molar-refractivity contribution in [3.63, 3.8) is 0 Å². The number of fused-ring (bicyclic) bond motifs is 1. The molecular weight excluding hydrogens is 342 g/mol. The highest BCUT2D eigenvalue weighted by atomic mass is 16.5. The Morgan fingerprint density at radius 3 is 2.78 bits per heavy atom. The van der Waals surface area contributed by atoms with Crippen LogP contribution in [0.15, 0.2) is 47.8 Å². The van der Waals surface area contributed by atoms with Crippen LogP contribution >= 0.6 is 0 Å². The molecule has 1 aromatic heterocycles. The van der Waals surface area contributed by atoms with Crippen LogP contribution in [0, 0.1) is 0 Å². The number of nitrogens with two attached hydrogens (primary N) is 1. The Morgan fingerprint density at radius 1 is 1.30 bits per heavy atom. The summed E-state index contributed by atoms with van der Waals surface area (Å²) in [6.45, 7) is 5.30. The second-order valence-electron chi connectivity index (χ2n) is 6.68. The molecule has 0 spiro atoms. The standard InChI is InChI=1S/C20H25N5O2/c1-14(2)23-24-18-12-20(26)25(10-7-21)19-11-16(3-4-17(18)19)27-13-15-5-8-22-9-6-15/h3-6,8-9,11,14,23H,7,10,12-13,21H2,1-2H3/b24-18+. The highest BCUT2D eigenvalue weighted by Crippen LogP contribution is 2.32. The second kappa shape index (κ2) is 8.64. The van der Waals surface area contributed by atoms with Gasteiger partial charge in [0.15, 0.2) is 0 Å². The van der Waals surface area contributed by atoms with Gasteiger partial charge >= 0.3 is 0 Å². The third-order valence-electron chi connectivity index (χ3n) is 4.16. The predicted molar refractivity (Wildman–Crippen MR) is 106 cm³/mol. The highest BCUT2D eigenvalue weighted by molar-refractivity contribution is 6.21. The Bertz CT molecular complexity index is 820. The molecule has 1 amide bonds. The van der Waals surface area contributed by atoms with Gasteiger partial charge < -0.3 is 20.8 Å². The largest absolute Gasteiger partial charge is 0.489 e. The van der Waals surface area contributed by atoms with Gasteiger partial charge in [-0.3, -0.25) is 9.78 Å². The quantitative estimate of drug-likeness (QED) is 0.731. The molecule has 3 N–H and O–H groups in total. The van der Waals surface area contributed by atoms with Gasteiger partial charge in [0.05, 0.1) is 17.8 Å². The monoisotopic (exact) mass is 367 g/mol. The number of hydrazone groups is 1. The van der Waals surface area contributed by atoms with Gasteiger partial charge in [0.25, 0.3) is 0 Å². The molecule has 3 rings (SSSR count). The lowest BCUT2D eigenvalue weighted by molar-refractivity contribution is -0.117. The van der Waals surface area contributed by atoms with Crippen LogP contribution in [-0.2, 0) is 11.4 Å². The van der Waals surface area contributed by atoms with Crippen molar-refractivity contribution in [1.29, 1.82) is 0 Å². The molecule has 0 atom stereocenters. The van der Waals surface area contributed by atoms with Crippen molar-refractivity contribution >= 4 is 17.3 Å². The van der Waals surface area contributed by atoms with E-state index in [0.29, 0.717) is 25.4 Å². The van der Waals surface area contributed by atoms with Crippen molar-refractivity contribution < 1.29 is 9.53 Å². The summed E-state index contributed by atoms with van der Waals surface area (Å²) in [5.74, 6) is 0.682. The number of nitrogens with one attached hydrogen (secondary N) is 1. The molecule has 1 aliphatic heterocycles. The van der Waals surface area contributed by atoms with Gasteiger partial charge in [-0.05, 0) is 43.7 Å². The summed E-state index contributed by atoms with van der Waals surface area (Å²) < 4.78 is 5.90. The van der Waals surface area contributed by atoms with Crippen LogP contribution in [-0.4, -0.2) is 35.7 Å². The van der Waals surface area contributed by atoms with Crippen LogP contribution < -0.4 is 20.8 Å². The Labute approximate surface area is 159 Å². The van der Waals surface area contributed by atoms with Crippen molar-refractivity contribution in [2.45, 2.75) is 32.9 Å². The first kappa shape index (κ1) is 18.8. The van der Waals surface area contributed by atoms with Gasteiger partial charge in [0.2, 0.25) is 5.91 Å². The number of hydrogen-bond donors (Lipinski definition) is 2. The third-order valence-corrected chi connectivity index (χ3v) is 4.16. The first-order valence-electron chi connectivity index (χ1n) is 9.07. The molecule has 0 fully saturated rings. The maximum Gasteiger partial charge on any atom is 0.233 e. The van der Waals surface area contributed by atoms with E-state index in [0.717, 1.165) is 22.5 Å². The van der Waals surface area contributed by atoms with Gasteiger partial charge in [-0.1, -0.05) is 0 Å². The van der Waals surface area contributed by atoms with Gasteiger partial charge in [0.1, 0.15) is 12.4 Å². The van der Waals surface area contributed by atoms with Gasteiger partial charge in [0, 0.05) is 43.2 Å². The Morgan fingerprint density at radius 2 is 2.07 bits per heavy atom. The molecule has 0 aliphatic carbocycles. The maximum atomic E-state index is 12.6. The van der Waals surface area contributed by atoms with Crippen LogP contribution in [0.1, 0.15) is 31.4 Å². The molecule has 0 saturated carbocycles. The fourth-order valence-electron chi connectivity index (χ4n) is 2.86. The van der Waals surface area contributed by atoms with Gasteiger partial charge in [-0.25, -0.2) is 0 Å². The number of carbonyl (C=O) groups excluding carboxylic acids is 1. The fraction of sp³-hybridized carbons (Fsp3) is 0.350. The lowest BCUT2D eigenvalue weighted by atomic mass is 9.98. The molecule has 1 aromatic carbocycles. The summed E-state index contributed by atoms with van der Waals surface area (Å²) in [7, 11) is 0. The van der Waals surface area contributed by atoms with Crippen LogP contribution in [0.4, 0.5) is 5.69 Å². The van der Waals surface area contributed by atoms with Crippen LogP contribution in [0.3, 0.4) is 0 Å². The number of pyridine rings is 1. The first-order chi connectivity index (χ1) is 13.1. The number of aromatic nitrogens is 1. The summed E-state index contributed by atoms with van der Waals surface area (Å²) in [5, 5.41) is 4.43. The number of nitrogens with zero attached hydrogens (tertiary/aromatic N) is 3. The number of ether oxygens (including phenoxy) is 1. The summed E-state index contributed by atoms with van der Waals surface area (Å²) in [5.41, 5.74) is 12.2. The normalized spacial score (nSPS) is 15.2. The van der Waals surface area contributed by atoms with Crippen LogP contribution in [0.2, 0.25) is 0 Å². The van der Waals surface area contributed by atoms with Crippen LogP contribution in [0.25, 0.3) is 0 Å². The molecular formula is C20H25N5O2. The summed E-state index contributed by atoms with van der Waals surface area (Å²) in [4.78, 5) is 18.3. The SMILES string of the molecule is CC(C)N/N=C1\CC(=O)N(CCN)c2cc(OCc3ccncc3)ccc21. The van der Waals surface area contributed by atoms with Crippen molar-refractivity contribution in [2.75, 3.05) is 18.0 Å². The molecule has 27 heavy (non-hydrogen) atoms. The topological polar surface area (TPSA) is 92.8 Å². The van der Waals surface area contributed by atoms with E-state index in [1.54, 1.807) is 17.3 Å². The Kier molecular flexibility index (Phi) is 6.03. The number of amides is 1. The average molecular weight is 367 g/mol. The number of hydrogen-bond acceptors (Lipinski definition) is 6. The number of carbonyl (C=O) groups is 1. The molecule has 0 unspecified atom stereocenters. The van der Waals surface area contributed by atoms with E-state index < -0.39 is 0 Å². The molecule has 1 aliphatic rings. The number of anilines is 1. The molecule has 0 bridgehead atoms. The summed E-state index contributed by atoms with van der Waals surface area (Å²) in [6, 6.07) is 9.75. The minimum atomic E-state index is -0.0106. The van der Waals surface area contributed by atoms with E-state index in [1.165, 1.54) is 0 Å². The van der Waals surface area contributed by atoms with E-state index >= 15 is 0 Å². The molecule has 2 aromatic rings. The van der Waals surface area contributed by atoms with Gasteiger partial charge in [-0.2, -0.15) is 5.10 Å². The lowest BCUT2D eigenvalue weighted by Crippen LogP contribution is -2.41. The van der Waals surface area contributed by atoms with E-state index in [1.807, 2.05) is 44.2 Å². The van der Waals surface area contributed by atoms with E-state index in [-0.39, 0.29) is 18.4 Å². The van der Waals surface area contributed by atoms with Gasteiger partial charge in [-0.15, -0.1) is 0 Å². The van der Waals surface area contributed by atoms with E-state index in [9.17, 15) is 4.79 Å². The molecule has 7 heteroatoms. The minimum Gasteiger partial charge on any atom is -0.489 e. The first-order valence-corrected chi connectivity index (χ1v) is 9.07.